The van der Waals surface area contributed by atoms with Gasteiger partial charge in [-0.1, -0.05) is 24.0 Å². The molecule has 4 nitrogen and oxygen atoms in total. The molecule has 0 amide bonds. The van der Waals surface area contributed by atoms with Crippen LogP contribution in [0.15, 0.2) is 29.2 Å². The van der Waals surface area contributed by atoms with Crippen LogP contribution in [-0.4, -0.2) is 37.5 Å². The minimum atomic E-state index is -3.45. The van der Waals surface area contributed by atoms with Crippen molar-refractivity contribution in [3.8, 4) is 11.8 Å². The van der Waals surface area contributed by atoms with Gasteiger partial charge in [-0.15, -0.1) is 0 Å². The predicted octanol–water partition coefficient (Wildman–Crippen LogP) is 0.815. The Balaban J connectivity index is 2.43. The SMILES string of the molecule is O=S(=O)(c1ccccc1C#CCO)N1CCCC1. The Morgan fingerprint density at radius 3 is 2.56 bits per heavy atom. The van der Waals surface area contributed by atoms with Crippen LogP contribution in [0.25, 0.3) is 0 Å². The molecule has 1 heterocycles. The van der Waals surface area contributed by atoms with E-state index < -0.39 is 10.0 Å². The van der Waals surface area contributed by atoms with E-state index in [1.807, 2.05) is 0 Å². The standard InChI is InChI=1S/C13H15NO3S/c15-11-5-7-12-6-1-2-8-13(12)18(16,17)14-9-3-4-10-14/h1-2,6,8,15H,3-4,9-11H2. The second kappa shape index (κ2) is 5.53. The number of rotatable bonds is 2. The van der Waals surface area contributed by atoms with E-state index in [1.165, 1.54) is 4.31 Å². The Labute approximate surface area is 107 Å². The normalized spacial score (nSPS) is 16.3. The van der Waals surface area contributed by atoms with Gasteiger partial charge < -0.3 is 5.11 Å². The summed E-state index contributed by atoms with van der Waals surface area (Å²) < 4.78 is 26.3. The number of hydrogen-bond acceptors (Lipinski definition) is 3. The fourth-order valence-corrected chi connectivity index (χ4v) is 3.66. The highest BCUT2D eigenvalue weighted by molar-refractivity contribution is 7.89. The van der Waals surface area contributed by atoms with Gasteiger partial charge in [-0.3, -0.25) is 0 Å². The van der Waals surface area contributed by atoms with E-state index in [2.05, 4.69) is 11.8 Å². The molecule has 1 aliphatic heterocycles. The highest BCUT2D eigenvalue weighted by Gasteiger charge is 2.28. The molecule has 0 aromatic heterocycles. The van der Waals surface area contributed by atoms with Crippen molar-refractivity contribution in [3.05, 3.63) is 29.8 Å². The molecule has 2 rings (SSSR count). The summed E-state index contributed by atoms with van der Waals surface area (Å²) in [4.78, 5) is 0.229. The van der Waals surface area contributed by atoms with Gasteiger partial charge in [0, 0.05) is 18.7 Å². The first-order valence-electron chi connectivity index (χ1n) is 5.85. The Kier molecular flexibility index (Phi) is 4.02. The highest BCUT2D eigenvalue weighted by atomic mass is 32.2. The Morgan fingerprint density at radius 1 is 1.22 bits per heavy atom. The molecule has 0 atom stereocenters. The zero-order valence-corrected chi connectivity index (χ0v) is 10.8. The Morgan fingerprint density at radius 2 is 1.89 bits per heavy atom. The van der Waals surface area contributed by atoms with Crippen molar-refractivity contribution in [1.82, 2.24) is 4.31 Å². The molecule has 96 valence electrons. The first kappa shape index (κ1) is 13.1. The molecule has 0 aliphatic carbocycles. The molecule has 1 aromatic rings. The topological polar surface area (TPSA) is 57.6 Å². The number of aliphatic hydroxyl groups is 1. The lowest BCUT2D eigenvalue weighted by atomic mass is 10.2. The van der Waals surface area contributed by atoms with Crippen LogP contribution in [-0.2, 0) is 10.0 Å². The second-order valence-corrected chi connectivity index (χ2v) is 5.97. The van der Waals surface area contributed by atoms with Gasteiger partial charge in [-0.25, -0.2) is 8.42 Å². The number of aliphatic hydroxyl groups excluding tert-OH is 1. The van der Waals surface area contributed by atoms with Crippen LogP contribution in [0.4, 0.5) is 0 Å². The van der Waals surface area contributed by atoms with E-state index in [4.69, 9.17) is 5.11 Å². The summed E-state index contributed by atoms with van der Waals surface area (Å²) in [6.45, 7) is 0.867. The number of benzene rings is 1. The van der Waals surface area contributed by atoms with Crippen molar-refractivity contribution < 1.29 is 13.5 Å². The van der Waals surface area contributed by atoms with Gasteiger partial charge in [-0.05, 0) is 25.0 Å². The van der Waals surface area contributed by atoms with Crippen LogP contribution in [0.2, 0.25) is 0 Å². The van der Waals surface area contributed by atoms with Gasteiger partial charge >= 0.3 is 0 Å². The van der Waals surface area contributed by atoms with Crippen LogP contribution in [0.5, 0.6) is 0 Å². The minimum absolute atomic E-state index is 0.229. The third kappa shape index (κ3) is 2.56. The van der Waals surface area contributed by atoms with Crippen LogP contribution in [0.3, 0.4) is 0 Å². The van der Waals surface area contributed by atoms with Gasteiger partial charge in [-0.2, -0.15) is 4.31 Å². The van der Waals surface area contributed by atoms with Gasteiger partial charge in [0.25, 0.3) is 0 Å². The average molecular weight is 265 g/mol. The molecule has 5 heteroatoms. The third-order valence-electron chi connectivity index (χ3n) is 2.87. The monoisotopic (exact) mass is 265 g/mol. The van der Waals surface area contributed by atoms with Crippen molar-refractivity contribution in [1.29, 1.82) is 0 Å². The number of nitrogens with zero attached hydrogens (tertiary/aromatic N) is 1. The van der Waals surface area contributed by atoms with Crippen LogP contribution >= 0.6 is 0 Å². The molecule has 0 unspecified atom stereocenters. The van der Waals surface area contributed by atoms with E-state index in [1.54, 1.807) is 24.3 Å². The Hall–Kier alpha value is -1.35. The molecule has 1 aromatic carbocycles. The molecule has 0 spiro atoms. The Bertz CT molecular complexity index is 578. The van der Waals surface area contributed by atoms with E-state index in [0.717, 1.165) is 12.8 Å². The number of hydrogen-bond donors (Lipinski definition) is 1. The summed E-state index contributed by atoms with van der Waals surface area (Å²) in [5.74, 6) is 5.18. The maximum Gasteiger partial charge on any atom is 0.244 e. The van der Waals surface area contributed by atoms with Gasteiger partial charge in [0.15, 0.2) is 0 Å². The zero-order valence-electron chi connectivity index (χ0n) is 9.96. The maximum absolute atomic E-state index is 12.4. The largest absolute Gasteiger partial charge is 0.384 e. The lowest BCUT2D eigenvalue weighted by Crippen LogP contribution is -2.28. The van der Waals surface area contributed by atoms with Gasteiger partial charge in [0.05, 0.1) is 4.90 Å². The van der Waals surface area contributed by atoms with Gasteiger partial charge in [0.1, 0.15) is 6.61 Å². The molecular formula is C13H15NO3S. The third-order valence-corrected chi connectivity index (χ3v) is 4.83. The molecule has 1 aliphatic rings. The van der Waals surface area contributed by atoms with Crippen molar-refractivity contribution in [2.24, 2.45) is 0 Å². The first-order valence-corrected chi connectivity index (χ1v) is 7.29. The molecular weight excluding hydrogens is 250 g/mol. The van der Waals surface area contributed by atoms with E-state index >= 15 is 0 Å². The minimum Gasteiger partial charge on any atom is -0.384 e. The smallest absolute Gasteiger partial charge is 0.244 e. The second-order valence-electron chi connectivity index (χ2n) is 4.07. The zero-order chi connectivity index (χ0) is 13.0. The lowest BCUT2D eigenvalue weighted by Gasteiger charge is -2.16. The van der Waals surface area contributed by atoms with E-state index in [0.29, 0.717) is 18.7 Å². The van der Waals surface area contributed by atoms with Crippen molar-refractivity contribution in [3.63, 3.8) is 0 Å². The average Bonchev–Trinajstić information content (AvgIpc) is 2.91. The van der Waals surface area contributed by atoms with Crippen LogP contribution in [0.1, 0.15) is 18.4 Å². The summed E-state index contributed by atoms with van der Waals surface area (Å²) in [5, 5.41) is 8.70. The summed E-state index contributed by atoms with van der Waals surface area (Å²) >= 11 is 0. The molecule has 0 bridgehead atoms. The van der Waals surface area contributed by atoms with E-state index in [9.17, 15) is 8.42 Å². The fraction of sp³-hybridized carbons (Fsp3) is 0.385. The van der Waals surface area contributed by atoms with Crippen LogP contribution in [0, 0.1) is 11.8 Å². The van der Waals surface area contributed by atoms with Crippen molar-refractivity contribution >= 4 is 10.0 Å². The molecule has 1 N–H and O–H groups in total. The van der Waals surface area contributed by atoms with Crippen molar-refractivity contribution in [2.45, 2.75) is 17.7 Å². The first-order chi connectivity index (χ1) is 8.66. The fourth-order valence-electron chi connectivity index (χ4n) is 2.00. The lowest BCUT2D eigenvalue weighted by molar-refractivity contribution is 0.350. The van der Waals surface area contributed by atoms with Crippen LogP contribution < -0.4 is 0 Å². The molecule has 0 saturated carbocycles. The summed E-state index contributed by atoms with van der Waals surface area (Å²) in [7, 11) is -3.45. The molecule has 18 heavy (non-hydrogen) atoms. The maximum atomic E-state index is 12.4. The molecule has 1 saturated heterocycles. The summed E-state index contributed by atoms with van der Waals surface area (Å²) in [6.07, 6.45) is 1.81. The predicted molar refractivity (Wildman–Crippen MR) is 68.4 cm³/mol. The number of sulfonamides is 1. The molecule has 0 radical (unpaired) electrons. The quantitative estimate of drug-likeness (QED) is 0.805. The van der Waals surface area contributed by atoms with Gasteiger partial charge in [0.2, 0.25) is 10.0 Å². The highest BCUT2D eigenvalue weighted by Crippen LogP contribution is 2.23. The van der Waals surface area contributed by atoms with Crippen molar-refractivity contribution in [2.75, 3.05) is 19.7 Å². The molecule has 1 fully saturated rings. The summed E-state index contributed by atoms with van der Waals surface area (Å²) in [6, 6.07) is 6.65. The summed E-state index contributed by atoms with van der Waals surface area (Å²) in [5.41, 5.74) is 0.443. The van der Waals surface area contributed by atoms with E-state index in [-0.39, 0.29) is 11.5 Å².